The molecule has 0 unspecified atom stereocenters. The van der Waals surface area contributed by atoms with Gasteiger partial charge in [0.1, 0.15) is 11.9 Å². The van der Waals surface area contributed by atoms with Crippen LogP contribution in [0.1, 0.15) is 36.5 Å². The molecule has 0 heterocycles. The maximum atomic E-state index is 13.6. The van der Waals surface area contributed by atoms with Crippen LogP contribution in [0.25, 0.3) is 0 Å². The molecule has 128 valence electrons. The number of carboxylic acid groups (broad SMARTS) is 1. The van der Waals surface area contributed by atoms with Crippen LogP contribution in [0.4, 0.5) is 10.1 Å². The highest BCUT2D eigenvalue weighted by Gasteiger charge is 2.21. The van der Waals surface area contributed by atoms with E-state index in [9.17, 15) is 22.4 Å². The summed E-state index contributed by atoms with van der Waals surface area (Å²) in [7, 11) is -3.71. The number of hydrogen-bond acceptors (Lipinski definition) is 4. The van der Waals surface area contributed by atoms with Crippen molar-refractivity contribution in [2.24, 2.45) is 0 Å². The van der Waals surface area contributed by atoms with Crippen molar-refractivity contribution in [1.82, 2.24) is 5.32 Å². The summed E-state index contributed by atoms with van der Waals surface area (Å²) in [5.41, 5.74) is -0.416. The van der Waals surface area contributed by atoms with Crippen LogP contribution in [0.2, 0.25) is 0 Å². The molecule has 9 heteroatoms. The average molecular weight is 346 g/mol. The van der Waals surface area contributed by atoms with Crippen LogP contribution in [0.3, 0.4) is 0 Å². The van der Waals surface area contributed by atoms with Crippen molar-refractivity contribution in [1.29, 1.82) is 0 Å². The summed E-state index contributed by atoms with van der Waals surface area (Å²) in [5, 5.41) is 11.4. The molecule has 1 rings (SSSR count). The zero-order valence-corrected chi connectivity index (χ0v) is 13.6. The van der Waals surface area contributed by atoms with Gasteiger partial charge in [0.15, 0.2) is 0 Å². The number of carboxylic acids is 1. The second-order valence-corrected chi connectivity index (χ2v) is 6.82. The third-order valence-electron chi connectivity index (χ3n) is 2.97. The molecule has 0 saturated carbocycles. The smallest absolute Gasteiger partial charge is 0.326 e. The zero-order chi connectivity index (χ0) is 17.6. The summed E-state index contributed by atoms with van der Waals surface area (Å²) in [5.74, 6) is -2.72. The molecule has 0 aromatic heterocycles. The Kier molecular flexibility index (Phi) is 6.49. The molecule has 0 aliphatic carbocycles. The van der Waals surface area contributed by atoms with Gasteiger partial charge in [-0.2, -0.15) is 0 Å². The van der Waals surface area contributed by atoms with Crippen molar-refractivity contribution in [3.63, 3.8) is 0 Å². The van der Waals surface area contributed by atoms with Gasteiger partial charge < -0.3 is 10.4 Å². The molecular formula is C14H19FN2O5S. The third kappa shape index (κ3) is 6.23. The molecule has 0 aliphatic rings. The molecule has 0 fully saturated rings. The van der Waals surface area contributed by atoms with E-state index in [1.165, 1.54) is 0 Å². The fraction of sp³-hybridized carbons (Fsp3) is 0.429. The van der Waals surface area contributed by atoms with Gasteiger partial charge in [-0.1, -0.05) is 19.8 Å². The molecule has 0 bridgehead atoms. The average Bonchev–Trinajstić information content (AvgIpc) is 2.43. The first-order valence-corrected chi connectivity index (χ1v) is 8.84. The maximum Gasteiger partial charge on any atom is 0.326 e. The zero-order valence-electron chi connectivity index (χ0n) is 12.8. The minimum Gasteiger partial charge on any atom is -0.480 e. The number of sulfonamides is 1. The van der Waals surface area contributed by atoms with Crippen molar-refractivity contribution >= 4 is 27.6 Å². The highest BCUT2D eigenvalue weighted by atomic mass is 32.2. The van der Waals surface area contributed by atoms with Crippen molar-refractivity contribution < 1.29 is 27.5 Å². The lowest BCUT2D eigenvalue weighted by Gasteiger charge is -2.14. The van der Waals surface area contributed by atoms with Gasteiger partial charge in [-0.05, 0) is 24.6 Å². The van der Waals surface area contributed by atoms with Crippen molar-refractivity contribution in [3.05, 3.63) is 29.6 Å². The van der Waals surface area contributed by atoms with E-state index in [4.69, 9.17) is 5.11 Å². The molecule has 1 aromatic rings. The number of nitrogens with one attached hydrogen (secondary N) is 2. The Morgan fingerprint density at radius 2 is 2.00 bits per heavy atom. The Morgan fingerprint density at radius 1 is 1.35 bits per heavy atom. The summed E-state index contributed by atoms with van der Waals surface area (Å²) in [4.78, 5) is 23.2. The number of rotatable bonds is 8. The largest absolute Gasteiger partial charge is 0.480 e. The van der Waals surface area contributed by atoms with Crippen LogP contribution >= 0.6 is 0 Å². The molecule has 1 aromatic carbocycles. The van der Waals surface area contributed by atoms with Crippen molar-refractivity contribution in [2.45, 2.75) is 32.2 Å². The molecule has 23 heavy (non-hydrogen) atoms. The Labute approximate surface area is 133 Å². The van der Waals surface area contributed by atoms with E-state index < -0.39 is 33.8 Å². The first-order valence-electron chi connectivity index (χ1n) is 6.95. The van der Waals surface area contributed by atoms with E-state index in [0.29, 0.717) is 6.42 Å². The molecule has 1 amide bonds. The van der Waals surface area contributed by atoms with Gasteiger partial charge in [-0.15, -0.1) is 0 Å². The second kappa shape index (κ2) is 7.91. The lowest BCUT2D eigenvalue weighted by atomic mass is 10.1. The topological polar surface area (TPSA) is 113 Å². The minimum atomic E-state index is -3.71. The van der Waals surface area contributed by atoms with E-state index in [2.05, 4.69) is 5.32 Å². The molecule has 1 atom stereocenters. The number of benzene rings is 1. The van der Waals surface area contributed by atoms with E-state index in [1.54, 1.807) is 0 Å². The van der Waals surface area contributed by atoms with E-state index in [0.717, 1.165) is 30.9 Å². The predicted molar refractivity (Wildman–Crippen MR) is 83.3 cm³/mol. The molecule has 0 aliphatic heterocycles. The lowest BCUT2D eigenvalue weighted by molar-refractivity contribution is -0.139. The molecule has 0 saturated heterocycles. The van der Waals surface area contributed by atoms with Crippen LogP contribution in [-0.2, 0) is 14.8 Å². The number of aliphatic carboxylic acids is 1. The monoisotopic (exact) mass is 346 g/mol. The molecule has 7 nitrogen and oxygen atoms in total. The number of amides is 1. The first kappa shape index (κ1) is 18.9. The number of carbonyl (C=O) groups is 2. The maximum absolute atomic E-state index is 13.6. The van der Waals surface area contributed by atoms with E-state index in [1.807, 2.05) is 11.6 Å². The Hall–Kier alpha value is -2.16. The minimum absolute atomic E-state index is 0.0414. The highest BCUT2D eigenvalue weighted by molar-refractivity contribution is 7.92. The number of unbranched alkanes of at least 4 members (excludes halogenated alkanes) is 1. The van der Waals surface area contributed by atoms with Crippen LogP contribution in [0, 0.1) is 5.82 Å². The number of carbonyl (C=O) groups excluding carboxylic acids is 1. The van der Waals surface area contributed by atoms with Gasteiger partial charge in [0.25, 0.3) is 5.91 Å². The van der Waals surface area contributed by atoms with Crippen LogP contribution in [-0.4, -0.2) is 37.7 Å². The SMILES string of the molecule is CCCC[C@H](NC(=O)c1ccc(F)c(NS(C)(=O)=O)c1)C(=O)O. The lowest BCUT2D eigenvalue weighted by Crippen LogP contribution is -2.40. The summed E-state index contributed by atoms with van der Waals surface area (Å²) in [6.45, 7) is 1.89. The number of anilines is 1. The molecule has 0 spiro atoms. The summed E-state index contributed by atoms with van der Waals surface area (Å²) in [6.07, 6.45) is 2.53. The first-order chi connectivity index (χ1) is 10.6. The van der Waals surface area contributed by atoms with Crippen LogP contribution < -0.4 is 10.0 Å². The quantitative estimate of drug-likeness (QED) is 0.661. The predicted octanol–water partition coefficient (Wildman–Crippen LogP) is 1.57. The van der Waals surface area contributed by atoms with Crippen molar-refractivity contribution in [2.75, 3.05) is 11.0 Å². The van der Waals surface area contributed by atoms with Gasteiger partial charge >= 0.3 is 5.97 Å². The molecule has 3 N–H and O–H groups in total. The Bertz CT molecular complexity index is 690. The van der Waals surface area contributed by atoms with Gasteiger partial charge in [-0.3, -0.25) is 9.52 Å². The van der Waals surface area contributed by atoms with E-state index in [-0.39, 0.29) is 17.7 Å². The van der Waals surface area contributed by atoms with Crippen LogP contribution in [0.15, 0.2) is 18.2 Å². The highest BCUT2D eigenvalue weighted by Crippen LogP contribution is 2.17. The van der Waals surface area contributed by atoms with Gasteiger partial charge in [0.2, 0.25) is 10.0 Å². The van der Waals surface area contributed by atoms with Crippen LogP contribution in [0.5, 0.6) is 0 Å². The fourth-order valence-corrected chi connectivity index (χ4v) is 2.41. The standard InChI is InChI=1S/C14H19FN2O5S/c1-3-4-5-11(14(19)20)16-13(18)9-6-7-10(15)12(8-9)17-23(2,21)22/h6-8,11,17H,3-5H2,1-2H3,(H,16,18)(H,19,20)/t11-/m0/s1. The molecular weight excluding hydrogens is 327 g/mol. The normalized spacial score (nSPS) is 12.5. The Morgan fingerprint density at radius 3 is 2.52 bits per heavy atom. The van der Waals surface area contributed by atoms with Crippen molar-refractivity contribution in [3.8, 4) is 0 Å². The fourth-order valence-electron chi connectivity index (χ4n) is 1.85. The van der Waals surface area contributed by atoms with Gasteiger partial charge in [0, 0.05) is 5.56 Å². The van der Waals surface area contributed by atoms with E-state index >= 15 is 0 Å². The third-order valence-corrected chi connectivity index (χ3v) is 3.56. The summed E-state index contributed by atoms with van der Waals surface area (Å²) < 4.78 is 37.9. The molecule has 0 radical (unpaired) electrons. The number of hydrogen-bond donors (Lipinski definition) is 3. The summed E-state index contributed by atoms with van der Waals surface area (Å²) >= 11 is 0. The summed E-state index contributed by atoms with van der Waals surface area (Å²) in [6, 6.07) is 2.05. The number of halogens is 1. The Balaban J connectivity index is 2.95. The second-order valence-electron chi connectivity index (χ2n) is 5.08. The van der Waals surface area contributed by atoms with Gasteiger partial charge in [-0.25, -0.2) is 17.6 Å². The van der Waals surface area contributed by atoms with Gasteiger partial charge in [0.05, 0.1) is 11.9 Å².